The lowest BCUT2D eigenvalue weighted by Crippen LogP contribution is -2.51. The van der Waals surface area contributed by atoms with Gasteiger partial charge >= 0.3 is 0 Å². The predicted molar refractivity (Wildman–Crippen MR) is 112 cm³/mol. The van der Waals surface area contributed by atoms with Gasteiger partial charge in [-0.15, -0.1) is 0 Å². The Morgan fingerprint density at radius 3 is 1.81 bits per heavy atom. The van der Waals surface area contributed by atoms with E-state index in [9.17, 15) is 9.90 Å². The average molecular weight is 367 g/mol. The Balaban J connectivity index is 3.54. The van der Waals surface area contributed by atoms with Crippen LogP contribution in [0.3, 0.4) is 0 Å². The smallest absolute Gasteiger partial charge is 0.130 e. The molecule has 154 valence electrons. The lowest BCUT2D eigenvalue weighted by molar-refractivity contribution is -0.131. The molecule has 1 aliphatic rings. The first-order valence-electron chi connectivity index (χ1n) is 10.7. The Labute approximate surface area is 163 Å². The number of hydrogen-bond donors (Lipinski definition) is 1. The highest BCUT2D eigenvalue weighted by atomic mass is 16.3. The zero-order chi connectivity index (χ0) is 20.9. The Bertz CT molecular complexity index is 520. The minimum absolute atomic E-state index is 0.145. The summed E-state index contributed by atoms with van der Waals surface area (Å²) in [7, 11) is 0. The first-order valence-corrected chi connectivity index (χ1v) is 10.7. The van der Waals surface area contributed by atoms with Crippen LogP contribution >= 0.6 is 0 Å². The van der Waals surface area contributed by atoms with Gasteiger partial charge in [-0.05, 0) is 46.8 Å². The fraction of sp³-hybridized carbons (Fsp3) is 0.958. The first-order chi connectivity index (χ1) is 11.5. The Hall–Kier alpha value is -0.370. The summed E-state index contributed by atoms with van der Waals surface area (Å²) < 4.78 is 0. The Morgan fingerprint density at radius 2 is 1.42 bits per heavy atom. The van der Waals surface area contributed by atoms with Gasteiger partial charge in [0.1, 0.15) is 5.78 Å². The van der Waals surface area contributed by atoms with Gasteiger partial charge in [0, 0.05) is 11.8 Å². The lowest BCUT2D eigenvalue weighted by Gasteiger charge is -2.54. The summed E-state index contributed by atoms with van der Waals surface area (Å²) in [6.07, 6.45) is 1.28. The third kappa shape index (κ3) is 2.99. The molecule has 7 atom stereocenters. The molecular formula is C24H46O2. The maximum atomic E-state index is 12.3. The fourth-order valence-electron chi connectivity index (χ4n) is 6.33. The van der Waals surface area contributed by atoms with E-state index in [1.54, 1.807) is 6.92 Å². The fourth-order valence-corrected chi connectivity index (χ4v) is 6.33. The summed E-state index contributed by atoms with van der Waals surface area (Å²) in [6, 6.07) is 0. The average Bonchev–Trinajstić information content (AvgIpc) is 2.62. The zero-order valence-electron chi connectivity index (χ0n) is 19.7. The summed E-state index contributed by atoms with van der Waals surface area (Å²) in [5, 5.41) is 11.6. The van der Waals surface area contributed by atoms with E-state index >= 15 is 0 Å². The number of Topliss-reactive ketones (excluding diaryl/α,β-unsaturated/α-hetero) is 1. The monoisotopic (exact) mass is 366 g/mol. The number of carbonyl (C=O) groups is 1. The molecule has 0 heterocycles. The molecule has 0 amide bonds. The van der Waals surface area contributed by atoms with Crippen molar-refractivity contribution in [3.63, 3.8) is 0 Å². The zero-order valence-corrected chi connectivity index (χ0v) is 19.7. The van der Waals surface area contributed by atoms with Crippen LogP contribution in [0.5, 0.6) is 0 Å². The maximum Gasteiger partial charge on any atom is 0.130 e. The van der Waals surface area contributed by atoms with E-state index in [0.29, 0.717) is 30.1 Å². The molecule has 0 aromatic carbocycles. The van der Waals surface area contributed by atoms with Crippen molar-refractivity contribution >= 4 is 5.78 Å². The van der Waals surface area contributed by atoms with Crippen LogP contribution in [-0.4, -0.2) is 17.0 Å². The number of aliphatic hydroxyl groups excluding tert-OH is 1. The molecule has 0 spiro atoms. The van der Waals surface area contributed by atoms with E-state index in [1.807, 2.05) is 0 Å². The molecule has 1 N–H and O–H groups in total. The largest absolute Gasteiger partial charge is 0.392 e. The number of carbonyl (C=O) groups excluding carboxylic acids is 1. The Morgan fingerprint density at radius 1 is 0.962 bits per heavy atom. The van der Waals surface area contributed by atoms with Gasteiger partial charge in [0.05, 0.1) is 6.10 Å². The second-order valence-corrected chi connectivity index (χ2v) is 11.1. The number of rotatable bonds is 7. The highest BCUT2D eigenvalue weighted by Crippen LogP contribution is 2.74. The first kappa shape index (κ1) is 23.7. The van der Waals surface area contributed by atoms with Crippen molar-refractivity contribution in [1.29, 1.82) is 0 Å². The van der Waals surface area contributed by atoms with E-state index < -0.39 is 6.10 Å². The summed E-state index contributed by atoms with van der Waals surface area (Å²) in [5.41, 5.74) is -0.961. The predicted octanol–water partition coefficient (Wildman–Crippen LogP) is 6.36. The molecule has 0 radical (unpaired) electrons. The van der Waals surface area contributed by atoms with Gasteiger partial charge in [0.25, 0.3) is 0 Å². The molecule has 0 saturated heterocycles. The SMILES string of the molecule is CCC(C)C(C)C(C)C(C)C1(C)C(O)C(C)(C)C(C)(C)C1(C)CC(C)=O. The van der Waals surface area contributed by atoms with Gasteiger partial charge in [-0.1, -0.05) is 82.6 Å². The molecule has 0 bridgehead atoms. The van der Waals surface area contributed by atoms with Crippen LogP contribution in [0.4, 0.5) is 0 Å². The van der Waals surface area contributed by atoms with E-state index in [1.165, 1.54) is 6.42 Å². The quantitative estimate of drug-likeness (QED) is 0.569. The molecule has 26 heavy (non-hydrogen) atoms. The van der Waals surface area contributed by atoms with Gasteiger partial charge in [-0.25, -0.2) is 0 Å². The van der Waals surface area contributed by atoms with Crippen LogP contribution in [0, 0.1) is 45.3 Å². The van der Waals surface area contributed by atoms with Crippen LogP contribution in [0.1, 0.15) is 95.9 Å². The molecule has 1 aliphatic carbocycles. The van der Waals surface area contributed by atoms with Gasteiger partial charge in [-0.2, -0.15) is 0 Å². The number of ketones is 1. The third-order valence-corrected chi connectivity index (χ3v) is 10.1. The van der Waals surface area contributed by atoms with Crippen LogP contribution in [0.15, 0.2) is 0 Å². The van der Waals surface area contributed by atoms with Crippen molar-refractivity contribution in [3.05, 3.63) is 0 Å². The summed E-state index contributed by atoms with van der Waals surface area (Å²) >= 11 is 0. The second kappa shape index (κ2) is 7.22. The number of aliphatic hydroxyl groups is 1. The summed E-state index contributed by atoms with van der Waals surface area (Å²) in [5.74, 6) is 2.29. The van der Waals surface area contributed by atoms with Gasteiger partial charge in [0.15, 0.2) is 0 Å². The highest BCUT2D eigenvalue weighted by Gasteiger charge is 2.73. The van der Waals surface area contributed by atoms with Crippen LogP contribution in [-0.2, 0) is 4.79 Å². The molecule has 7 unspecified atom stereocenters. The van der Waals surface area contributed by atoms with Crippen molar-refractivity contribution in [2.75, 3.05) is 0 Å². The molecule has 1 fully saturated rings. The van der Waals surface area contributed by atoms with E-state index in [-0.39, 0.29) is 27.4 Å². The van der Waals surface area contributed by atoms with Crippen LogP contribution < -0.4 is 0 Å². The van der Waals surface area contributed by atoms with Crippen LogP contribution in [0.25, 0.3) is 0 Å². The van der Waals surface area contributed by atoms with Gasteiger partial charge in [0.2, 0.25) is 0 Å². The number of hydrogen-bond acceptors (Lipinski definition) is 2. The van der Waals surface area contributed by atoms with E-state index in [2.05, 4.69) is 76.2 Å². The van der Waals surface area contributed by atoms with Gasteiger partial charge in [-0.3, -0.25) is 0 Å². The Kier molecular flexibility index (Phi) is 6.58. The van der Waals surface area contributed by atoms with Crippen molar-refractivity contribution in [1.82, 2.24) is 0 Å². The van der Waals surface area contributed by atoms with Crippen molar-refractivity contribution in [3.8, 4) is 0 Å². The summed E-state index contributed by atoms with van der Waals surface area (Å²) in [4.78, 5) is 12.3. The summed E-state index contributed by atoms with van der Waals surface area (Å²) in [6.45, 7) is 26.8. The molecule has 2 nitrogen and oxygen atoms in total. The third-order valence-electron chi connectivity index (χ3n) is 10.1. The van der Waals surface area contributed by atoms with Crippen molar-refractivity contribution < 1.29 is 9.90 Å². The lowest BCUT2D eigenvalue weighted by atomic mass is 9.50. The van der Waals surface area contributed by atoms with E-state index in [0.717, 1.165) is 0 Å². The second-order valence-electron chi connectivity index (χ2n) is 11.1. The minimum atomic E-state index is -0.434. The normalized spacial score (nSPS) is 37.8. The highest BCUT2D eigenvalue weighted by molar-refractivity contribution is 5.76. The molecular weight excluding hydrogens is 320 g/mol. The van der Waals surface area contributed by atoms with Crippen molar-refractivity contribution in [2.45, 2.75) is 102 Å². The standard InChI is InChI=1S/C24H46O2/c1-13-15(2)17(4)18(5)19(6)24(12)20(26)21(7,8)22(9,10)23(24,11)14-16(3)25/h15,17-20,26H,13-14H2,1-12H3. The molecule has 1 rings (SSSR count). The van der Waals surface area contributed by atoms with Gasteiger partial charge < -0.3 is 9.90 Å². The molecule has 0 aliphatic heterocycles. The van der Waals surface area contributed by atoms with Crippen LogP contribution in [0.2, 0.25) is 0 Å². The van der Waals surface area contributed by atoms with Crippen molar-refractivity contribution in [2.24, 2.45) is 45.3 Å². The molecule has 2 heteroatoms. The molecule has 0 aromatic heterocycles. The minimum Gasteiger partial charge on any atom is -0.392 e. The maximum absolute atomic E-state index is 12.3. The molecule has 0 aromatic rings. The van der Waals surface area contributed by atoms with E-state index in [4.69, 9.17) is 0 Å². The topological polar surface area (TPSA) is 37.3 Å². The molecule has 1 saturated carbocycles.